The van der Waals surface area contributed by atoms with Crippen molar-refractivity contribution in [1.29, 1.82) is 0 Å². The highest BCUT2D eigenvalue weighted by molar-refractivity contribution is 5.79. The second kappa shape index (κ2) is 10.5. The van der Waals surface area contributed by atoms with E-state index in [4.69, 9.17) is 9.15 Å². The van der Waals surface area contributed by atoms with E-state index in [1.165, 1.54) is 0 Å². The highest BCUT2D eigenvalue weighted by Gasteiger charge is 2.25. The first kappa shape index (κ1) is 21.5. The topological polar surface area (TPSA) is 62.0 Å². The average molecular weight is 353 g/mol. The summed E-state index contributed by atoms with van der Waals surface area (Å²) >= 11 is 0. The molecule has 0 spiro atoms. The van der Waals surface area contributed by atoms with Gasteiger partial charge in [-0.05, 0) is 30.6 Å². The fraction of sp³-hybridized carbons (Fsp3) is 0.737. The lowest BCUT2D eigenvalue weighted by Crippen LogP contribution is -2.47. The zero-order chi connectivity index (χ0) is 18.9. The van der Waals surface area contributed by atoms with Crippen LogP contribution in [0.5, 0.6) is 0 Å². The molecular weight excluding hydrogens is 316 g/mol. The first-order chi connectivity index (χ1) is 11.9. The maximum atomic E-state index is 5.64. The molecule has 0 aliphatic rings. The Bertz CT molecular complexity index is 490. The number of aliphatic imine (C=N–C) groups is 1. The Morgan fingerprint density at radius 3 is 2.32 bits per heavy atom. The van der Waals surface area contributed by atoms with Gasteiger partial charge in [0.2, 0.25) is 0 Å². The van der Waals surface area contributed by atoms with E-state index >= 15 is 0 Å². The average Bonchev–Trinajstić information content (AvgIpc) is 3.10. The molecule has 0 amide bonds. The molecule has 2 N–H and O–H groups in total. The minimum atomic E-state index is 0.0680. The molecule has 0 aliphatic heterocycles. The van der Waals surface area contributed by atoms with Gasteiger partial charge < -0.3 is 19.8 Å². The number of hydrogen-bond donors (Lipinski definition) is 2. The van der Waals surface area contributed by atoms with Gasteiger partial charge in [0.1, 0.15) is 5.76 Å². The van der Waals surface area contributed by atoms with Crippen LogP contribution >= 0.6 is 0 Å². The number of hydrogen-bond acceptors (Lipinski definition) is 4. The first-order valence-corrected chi connectivity index (χ1v) is 9.12. The number of rotatable bonds is 9. The smallest absolute Gasteiger partial charge is 0.191 e. The summed E-state index contributed by atoms with van der Waals surface area (Å²) in [6.45, 7) is 14.2. The van der Waals surface area contributed by atoms with Crippen molar-refractivity contribution >= 4 is 5.96 Å². The van der Waals surface area contributed by atoms with E-state index in [9.17, 15) is 0 Å². The van der Waals surface area contributed by atoms with Crippen molar-refractivity contribution in [3.8, 4) is 0 Å². The summed E-state index contributed by atoms with van der Waals surface area (Å²) in [6.07, 6.45) is 1.83. The minimum Gasteiger partial charge on any atom is -0.468 e. The van der Waals surface area contributed by atoms with Crippen molar-refractivity contribution < 1.29 is 9.15 Å². The zero-order valence-corrected chi connectivity index (χ0v) is 16.9. The van der Waals surface area contributed by atoms with Crippen LogP contribution in [0.1, 0.15) is 46.4 Å². The summed E-state index contributed by atoms with van der Waals surface area (Å²) in [5, 5.41) is 6.79. The minimum absolute atomic E-state index is 0.0680. The van der Waals surface area contributed by atoms with E-state index in [1.807, 2.05) is 12.1 Å². The monoisotopic (exact) mass is 352 g/mol. The molecule has 1 aromatic heterocycles. The molecule has 1 aromatic rings. The molecule has 0 radical (unpaired) electrons. The van der Waals surface area contributed by atoms with Crippen LogP contribution in [0.25, 0.3) is 0 Å². The number of methoxy groups -OCH3 is 1. The molecule has 0 aromatic carbocycles. The third kappa shape index (κ3) is 6.71. The molecule has 1 rings (SSSR count). The van der Waals surface area contributed by atoms with E-state index < -0.39 is 0 Å². The van der Waals surface area contributed by atoms with Gasteiger partial charge in [0.25, 0.3) is 0 Å². The van der Waals surface area contributed by atoms with Crippen LogP contribution in [0.4, 0.5) is 0 Å². The molecule has 0 aliphatic carbocycles. The summed E-state index contributed by atoms with van der Waals surface area (Å²) in [7, 11) is 3.54. The molecule has 0 bridgehead atoms. The predicted octanol–water partition coefficient (Wildman–Crippen LogP) is 2.89. The molecule has 0 saturated heterocycles. The third-order valence-electron chi connectivity index (χ3n) is 4.52. The Balaban J connectivity index is 2.67. The van der Waals surface area contributed by atoms with E-state index in [0.717, 1.165) is 31.4 Å². The van der Waals surface area contributed by atoms with E-state index in [2.05, 4.69) is 55.1 Å². The van der Waals surface area contributed by atoms with Crippen LogP contribution in [-0.4, -0.2) is 57.3 Å². The Morgan fingerprint density at radius 2 is 1.88 bits per heavy atom. The Hall–Kier alpha value is -1.53. The number of furan rings is 1. The van der Waals surface area contributed by atoms with Crippen molar-refractivity contribution in [3.05, 3.63) is 24.2 Å². The summed E-state index contributed by atoms with van der Waals surface area (Å²) < 4.78 is 11.2. The lowest BCUT2D eigenvalue weighted by molar-refractivity contribution is 0.0205. The molecule has 2 unspecified atom stereocenters. The van der Waals surface area contributed by atoms with E-state index in [0.29, 0.717) is 6.54 Å². The maximum Gasteiger partial charge on any atom is 0.191 e. The second-order valence-corrected chi connectivity index (χ2v) is 7.18. The summed E-state index contributed by atoms with van der Waals surface area (Å²) in [4.78, 5) is 6.70. The van der Waals surface area contributed by atoms with Gasteiger partial charge in [0.05, 0.1) is 18.4 Å². The number of nitrogens with zero attached hydrogens (tertiary/aromatic N) is 2. The fourth-order valence-corrected chi connectivity index (χ4v) is 2.90. The van der Waals surface area contributed by atoms with Crippen molar-refractivity contribution in [2.24, 2.45) is 10.4 Å². The first-order valence-electron chi connectivity index (χ1n) is 9.12. The molecule has 6 nitrogen and oxygen atoms in total. The molecule has 25 heavy (non-hydrogen) atoms. The van der Waals surface area contributed by atoms with Crippen molar-refractivity contribution in [2.45, 2.75) is 46.8 Å². The third-order valence-corrected chi connectivity index (χ3v) is 4.52. The van der Waals surface area contributed by atoms with Crippen molar-refractivity contribution in [1.82, 2.24) is 15.5 Å². The Kier molecular flexibility index (Phi) is 9.00. The van der Waals surface area contributed by atoms with Crippen LogP contribution < -0.4 is 10.6 Å². The molecule has 2 atom stereocenters. The zero-order valence-electron chi connectivity index (χ0n) is 16.9. The Morgan fingerprint density at radius 1 is 1.24 bits per heavy atom. The number of nitrogens with one attached hydrogen (secondary N) is 2. The van der Waals surface area contributed by atoms with Gasteiger partial charge in [-0.3, -0.25) is 9.89 Å². The fourth-order valence-electron chi connectivity index (χ4n) is 2.90. The van der Waals surface area contributed by atoms with Gasteiger partial charge in [-0.2, -0.15) is 0 Å². The quantitative estimate of drug-likeness (QED) is 0.528. The highest BCUT2D eigenvalue weighted by atomic mass is 16.5. The summed E-state index contributed by atoms with van der Waals surface area (Å²) in [5.41, 5.74) is 0.0680. The summed E-state index contributed by atoms with van der Waals surface area (Å²) in [5.74, 6) is 1.74. The largest absolute Gasteiger partial charge is 0.468 e. The molecule has 6 heteroatoms. The van der Waals surface area contributed by atoms with Crippen LogP contribution in [0.15, 0.2) is 27.8 Å². The van der Waals surface area contributed by atoms with E-state index in [-0.39, 0.29) is 17.6 Å². The van der Waals surface area contributed by atoms with Gasteiger partial charge >= 0.3 is 0 Å². The number of likely N-dealkylation sites (N-methyl/N-ethyl adjacent to an activating group) is 1. The van der Waals surface area contributed by atoms with Gasteiger partial charge in [-0.1, -0.05) is 34.6 Å². The van der Waals surface area contributed by atoms with Gasteiger partial charge in [-0.25, -0.2) is 0 Å². The maximum absolute atomic E-state index is 5.64. The van der Waals surface area contributed by atoms with Crippen LogP contribution in [0.3, 0.4) is 0 Å². The predicted molar refractivity (Wildman–Crippen MR) is 104 cm³/mol. The second-order valence-electron chi connectivity index (χ2n) is 7.18. The normalized spacial score (nSPS) is 15.3. The van der Waals surface area contributed by atoms with Crippen LogP contribution in [0.2, 0.25) is 0 Å². The van der Waals surface area contributed by atoms with Crippen molar-refractivity contribution in [3.63, 3.8) is 0 Å². The molecule has 144 valence electrons. The highest BCUT2D eigenvalue weighted by Crippen LogP contribution is 2.21. The number of ether oxygens (including phenoxy) is 1. The molecule has 0 saturated carbocycles. The standard InChI is InChI=1S/C19H36N4O2/c1-8-23(9-2)15(16-11-10-12-25-16)13-21-18(20-6)22-14-17(24-7)19(3,4)5/h10-12,15,17H,8-9,13-14H2,1-7H3,(H2,20,21,22). The van der Waals surface area contributed by atoms with Gasteiger partial charge in [0, 0.05) is 27.2 Å². The van der Waals surface area contributed by atoms with Crippen molar-refractivity contribution in [2.75, 3.05) is 40.3 Å². The SMILES string of the molecule is CCN(CC)C(CNC(=NC)NCC(OC)C(C)(C)C)c1ccco1. The van der Waals surface area contributed by atoms with Gasteiger partial charge in [0.15, 0.2) is 5.96 Å². The summed E-state index contributed by atoms with van der Waals surface area (Å²) in [6, 6.07) is 4.14. The lowest BCUT2D eigenvalue weighted by atomic mass is 9.89. The van der Waals surface area contributed by atoms with Gasteiger partial charge in [-0.15, -0.1) is 0 Å². The van der Waals surface area contributed by atoms with Crippen LogP contribution in [-0.2, 0) is 4.74 Å². The molecule has 0 fully saturated rings. The number of guanidine groups is 1. The lowest BCUT2D eigenvalue weighted by Gasteiger charge is -2.31. The molecular formula is C19H36N4O2. The van der Waals surface area contributed by atoms with E-state index in [1.54, 1.807) is 20.4 Å². The Labute approximate surface area is 153 Å². The van der Waals surface area contributed by atoms with Crippen LogP contribution in [0, 0.1) is 5.41 Å². The molecule has 1 heterocycles.